The van der Waals surface area contributed by atoms with Gasteiger partial charge in [0, 0.05) is 61.2 Å². The summed E-state index contributed by atoms with van der Waals surface area (Å²) in [6.45, 7) is 8.94. The van der Waals surface area contributed by atoms with Gasteiger partial charge in [0.25, 0.3) is 0 Å². The van der Waals surface area contributed by atoms with Crippen LogP contribution in [-0.4, -0.2) is 61.2 Å². The van der Waals surface area contributed by atoms with E-state index in [1.807, 2.05) is 0 Å². The van der Waals surface area contributed by atoms with E-state index < -0.39 is 0 Å². The summed E-state index contributed by atoms with van der Waals surface area (Å²) in [6.07, 6.45) is 0. The molecule has 8 nitrogen and oxygen atoms in total. The van der Waals surface area contributed by atoms with Crippen LogP contribution in [0.25, 0.3) is 20.9 Å². The van der Waals surface area contributed by atoms with Gasteiger partial charge in [-0.15, -0.1) is 0 Å². The molecule has 0 aromatic heterocycles. The molecule has 1 saturated heterocycles. The predicted octanol–water partition coefficient (Wildman–Crippen LogP) is 2.00. The highest BCUT2D eigenvalue weighted by molar-refractivity contribution is 4.82. The van der Waals surface area contributed by atoms with Crippen LogP contribution in [0, 0.1) is 0 Å². The maximum atomic E-state index is 8.38. The van der Waals surface area contributed by atoms with Crippen LogP contribution in [0.5, 0.6) is 0 Å². The second-order valence-corrected chi connectivity index (χ2v) is 4.65. The Kier molecular flexibility index (Phi) is 6.32. The fourth-order valence-corrected chi connectivity index (χ4v) is 2.17. The lowest BCUT2D eigenvalue weighted by Gasteiger charge is -2.40. The average Bonchev–Trinajstić information content (AvgIpc) is 2.39. The molecule has 0 atom stereocenters. The number of rotatable bonds is 6. The second kappa shape index (κ2) is 7.79. The minimum absolute atomic E-state index is 0.0195. The summed E-state index contributed by atoms with van der Waals surface area (Å²) < 4.78 is 0. The van der Waals surface area contributed by atoms with Crippen LogP contribution in [-0.2, 0) is 0 Å². The zero-order chi connectivity index (χ0) is 13.4. The van der Waals surface area contributed by atoms with E-state index in [0.29, 0.717) is 19.1 Å². The van der Waals surface area contributed by atoms with Gasteiger partial charge in [0.2, 0.25) is 0 Å². The number of nitrogens with zero attached hydrogens (tertiary/aromatic N) is 8. The average molecular weight is 252 g/mol. The SMILES string of the molecule is CC(C)N1CCN(C(CN=[N+]=[N-])CN=[N+]=[N-])CC1. The summed E-state index contributed by atoms with van der Waals surface area (Å²) in [5.41, 5.74) is 16.8. The normalized spacial score (nSPS) is 19.1. The van der Waals surface area contributed by atoms with Crippen LogP contribution in [0.2, 0.25) is 0 Å². The maximum Gasteiger partial charge on any atom is 0.0415 e. The highest BCUT2D eigenvalue weighted by Gasteiger charge is 2.23. The first-order valence-corrected chi connectivity index (χ1v) is 6.18. The topological polar surface area (TPSA) is 104 Å². The molecule has 0 unspecified atom stereocenters. The Morgan fingerprint density at radius 1 is 0.944 bits per heavy atom. The molecule has 0 N–H and O–H groups in total. The lowest BCUT2D eigenvalue weighted by atomic mass is 10.2. The number of hydrogen-bond acceptors (Lipinski definition) is 4. The highest BCUT2D eigenvalue weighted by Crippen LogP contribution is 2.10. The predicted molar refractivity (Wildman–Crippen MR) is 70.1 cm³/mol. The van der Waals surface area contributed by atoms with Crippen molar-refractivity contribution in [2.45, 2.75) is 25.9 Å². The van der Waals surface area contributed by atoms with Crippen LogP contribution >= 0.6 is 0 Å². The van der Waals surface area contributed by atoms with E-state index in [-0.39, 0.29) is 6.04 Å². The molecule has 8 heteroatoms. The molecule has 100 valence electrons. The molecule has 1 aliphatic heterocycles. The molecular weight excluding hydrogens is 232 g/mol. The van der Waals surface area contributed by atoms with Gasteiger partial charge >= 0.3 is 0 Å². The molecule has 0 bridgehead atoms. The zero-order valence-corrected chi connectivity index (χ0v) is 11.0. The minimum atomic E-state index is 0.0195. The standard InChI is InChI=1S/C10H20N8/c1-9(2)17-3-5-18(6-4-17)10(7-13-15-11)8-14-16-12/h9-10H,3-8H2,1-2H3. The molecule has 0 aromatic carbocycles. The molecule has 0 aromatic rings. The summed E-state index contributed by atoms with van der Waals surface area (Å²) in [7, 11) is 0. The van der Waals surface area contributed by atoms with Gasteiger partial charge in [0.15, 0.2) is 0 Å². The van der Waals surface area contributed by atoms with E-state index >= 15 is 0 Å². The molecule has 0 radical (unpaired) electrons. The van der Waals surface area contributed by atoms with E-state index in [9.17, 15) is 0 Å². The Bertz CT molecular complexity index is 314. The molecule has 0 saturated carbocycles. The molecule has 0 aliphatic carbocycles. The molecule has 1 fully saturated rings. The van der Waals surface area contributed by atoms with E-state index in [1.165, 1.54) is 0 Å². The van der Waals surface area contributed by atoms with E-state index in [2.05, 4.69) is 43.7 Å². The molecule has 1 aliphatic rings. The quantitative estimate of drug-likeness (QED) is 0.410. The van der Waals surface area contributed by atoms with E-state index in [0.717, 1.165) is 26.2 Å². The molecule has 0 amide bonds. The Morgan fingerprint density at radius 2 is 1.39 bits per heavy atom. The molecule has 1 rings (SSSR count). The lowest BCUT2D eigenvalue weighted by Crippen LogP contribution is -2.53. The van der Waals surface area contributed by atoms with Gasteiger partial charge < -0.3 is 0 Å². The van der Waals surface area contributed by atoms with Crippen LogP contribution in [0.15, 0.2) is 10.2 Å². The summed E-state index contributed by atoms with van der Waals surface area (Å²) in [5.74, 6) is 0. The number of piperazine rings is 1. The Balaban J connectivity index is 2.53. The maximum absolute atomic E-state index is 8.38. The third-order valence-electron chi connectivity index (χ3n) is 3.31. The van der Waals surface area contributed by atoms with Gasteiger partial charge in [-0.25, -0.2) is 0 Å². The van der Waals surface area contributed by atoms with Crippen molar-refractivity contribution in [3.63, 3.8) is 0 Å². The van der Waals surface area contributed by atoms with Crippen molar-refractivity contribution >= 4 is 0 Å². The highest BCUT2D eigenvalue weighted by atomic mass is 15.3. The summed E-state index contributed by atoms with van der Waals surface area (Å²) in [5, 5.41) is 7.19. The van der Waals surface area contributed by atoms with Crippen molar-refractivity contribution in [1.29, 1.82) is 0 Å². The van der Waals surface area contributed by atoms with E-state index in [4.69, 9.17) is 11.1 Å². The summed E-state index contributed by atoms with van der Waals surface area (Å²) in [4.78, 5) is 10.2. The van der Waals surface area contributed by atoms with Crippen LogP contribution < -0.4 is 0 Å². The number of azide groups is 2. The van der Waals surface area contributed by atoms with Gasteiger partial charge in [-0.1, -0.05) is 10.2 Å². The Hall–Kier alpha value is -1.46. The van der Waals surface area contributed by atoms with Crippen molar-refractivity contribution in [3.05, 3.63) is 20.9 Å². The third-order valence-corrected chi connectivity index (χ3v) is 3.31. The molecule has 18 heavy (non-hydrogen) atoms. The Morgan fingerprint density at radius 3 is 1.78 bits per heavy atom. The van der Waals surface area contributed by atoms with Crippen LogP contribution in [0.1, 0.15) is 13.8 Å². The van der Waals surface area contributed by atoms with Crippen molar-refractivity contribution in [3.8, 4) is 0 Å². The van der Waals surface area contributed by atoms with Crippen molar-refractivity contribution in [1.82, 2.24) is 9.80 Å². The number of hydrogen-bond donors (Lipinski definition) is 0. The summed E-state index contributed by atoms with van der Waals surface area (Å²) >= 11 is 0. The smallest absolute Gasteiger partial charge is 0.0415 e. The third kappa shape index (κ3) is 4.43. The monoisotopic (exact) mass is 252 g/mol. The second-order valence-electron chi connectivity index (χ2n) is 4.65. The van der Waals surface area contributed by atoms with Gasteiger partial charge in [0.1, 0.15) is 0 Å². The largest absolute Gasteiger partial charge is 0.298 e. The van der Waals surface area contributed by atoms with Gasteiger partial charge in [0.05, 0.1) is 0 Å². The zero-order valence-electron chi connectivity index (χ0n) is 11.0. The fraction of sp³-hybridized carbons (Fsp3) is 1.00. The molecular formula is C10H20N8. The first-order chi connectivity index (χ1) is 8.69. The van der Waals surface area contributed by atoms with E-state index in [1.54, 1.807) is 0 Å². The summed E-state index contributed by atoms with van der Waals surface area (Å²) in [6, 6.07) is 0.575. The van der Waals surface area contributed by atoms with Gasteiger partial charge in [-0.2, -0.15) is 0 Å². The first-order valence-electron chi connectivity index (χ1n) is 6.18. The van der Waals surface area contributed by atoms with Gasteiger partial charge in [-0.3, -0.25) is 9.80 Å². The molecule has 0 spiro atoms. The lowest BCUT2D eigenvalue weighted by molar-refractivity contribution is 0.0828. The van der Waals surface area contributed by atoms with Crippen molar-refractivity contribution in [2.75, 3.05) is 39.3 Å². The van der Waals surface area contributed by atoms with Gasteiger partial charge in [-0.05, 0) is 24.9 Å². The minimum Gasteiger partial charge on any atom is -0.298 e. The molecule has 1 heterocycles. The first kappa shape index (κ1) is 14.6. The fourth-order valence-electron chi connectivity index (χ4n) is 2.17. The van der Waals surface area contributed by atoms with Crippen molar-refractivity contribution in [2.24, 2.45) is 10.2 Å². The van der Waals surface area contributed by atoms with Crippen LogP contribution in [0.4, 0.5) is 0 Å². The Labute approximate surface area is 107 Å². The van der Waals surface area contributed by atoms with Crippen LogP contribution in [0.3, 0.4) is 0 Å². The van der Waals surface area contributed by atoms with Crippen molar-refractivity contribution < 1.29 is 0 Å².